The number of amides is 4. The Morgan fingerprint density at radius 1 is 1.04 bits per heavy atom. The van der Waals surface area contributed by atoms with E-state index in [9.17, 15) is 28.8 Å². The fraction of sp³-hybridized carbons (Fsp3) is 0.561. The van der Waals surface area contributed by atoms with Gasteiger partial charge in [-0.25, -0.2) is 4.98 Å². The Balaban J connectivity index is 1.03. The summed E-state index contributed by atoms with van der Waals surface area (Å²) >= 11 is 0. The highest BCUT2D eigenvalue weighted by Gasteiger charge is 2.31. The molecule has 14 nitrogen and oxygen atoms in total. The van der Waals surface area contributed by atoms with Crippen molar-refractivity contribution < 1.29 is 24.0 Å². The molecule has 4 amide bonds. The minimum absolute atomic E-state index is 0.0269. The predicted octanol–water partition coefficient (Wildman–Crippen LogP) is 4.93. The number of imide groups is 1. The number of hydrogen-bond acceptors (Lipinski definition) is 10. The number of anilines is 2. The van der Waals surface area contributed by atoms with Gasteiger partial charge in [0.15, 0.2) is 0 Å². The van der Waals surface area contributed by atoms with Crippen LogP contribution in [0.4, 0.5) is 11.6 Å². The number of aromatic nitrogens is 3. The molecule has 0 spiro atoms. The zero-order valence-corrected chi connectivity index (χ0v) is 32.6. The number of piperidine rings is 1. The predicted molar refractivity (Wildman–Crippen MR) is 212 cm³/mol. The molecular weight excluding hydrogens is 701 g/mol. The van der Waals surface area contributed by atoms with Gasteiger partial charge in [0.05, 0.1) is 0 Å². The molecule has 2 aliphatic rings. The fourth-order valence-corrected chi connectivity index (χ4v) is 7.99. The maximum absolute atomic E-state index is 13.3. The summed E-state index contributed by atoms with van der Waals surface area (Å²) in [6, 6.07) is 6.30. The number of nitrogens with zero attached hydrogens (tertiary/aromatic N) is 5. The number of fused-ring (bicyclic) bond motifs is 1. The summed E-state index contributed by atoms with van der Waals surface area (Å²) in [7, 11) is 1.42. The van der Waals surface area contributed by atoms with Gasteiger partial charge in [0, 0.05) is 80.0 Å². The van der Waals surface area contributed by atoms with Gasteiger partial charge in [-0.1, -0.05) is 32.3 Å². The van der Waals surface area contributed by atoms with Crippen LogP contribution in [0.1, 0.15) is 112 Å². The molecule has 2 aromatic heterocycles. The molecule has 55 heavy (non-hydrogen) atoms. The first-order valence-corrected chi connectivity index (χ1v) is 19.8. The molecule has 14 heteroatoms. The third kappa shape index (κ3) is 9.95. The molecule has 3 aromatic rings. The number of likely N-dealkylation sites (tertiary alicyclic amines) is 1. The van der Waals surface area contributed by atoms with Crippen LogP contribution in [0.5, 0.6) is 0 Å². The molecule has 0 radical (unpaired) electrons. The molecule has 2 fully saturated rings. The zero-order valence-electron chi connectivity index (χ0n) is 32.6. The Labute approximate surface area is 322 Å². The van der Waals surface area contributed by atoms with E-state index in [-0.39, 0.29) is 36.4 Å². The first-order chi connectivity index (χ1) is 26.6. The molecule has 1 saturated carbocycles. The van der Waals surface area contributed by atoms with Crippen LogP contribution in [0, 0.1) is 19.8 Å². The van der Waals surface area contributed by atoms with Crippen molar-refractivity contribution in [2.45, 2.75) is 116 Å². The van der Waals surface area contributed by atoms with Crippen molar-refractivity contribution in [2.75, 3.05) is 37.3 Å². The standard InChI is InChI=1S/C41H56N8O6/c1-27-12-9-15-34(27)49-37-30(24-28(2)39(49)54)25-44-41(46-37)45-31-18-21-47(22-19-31)36(52)17-7-5-6-8-20-43-33-14-10-13-32(29(33)3)40(55)48(26-51)35(16-11-23-50)38(53)42-4/h10,13-14,23-27,31,34-35,43H,5-9,11-12,15-22H2,1-4H3,(H,42,53)(H,44,45,46). The molecule has 3 atom stereocenters. The number of nitrogens with one attached hydrogen (secondary N) is 3. The molecule has 3 unspecified atom stereocenters. The van der Waals surface area contributed by atoms with Crippen LogP contribution < -0.4 is 21.5 Å². The van der Waals surface area contributed by atoms with E-state index in [1.54, 1.807) is 25.3 Å². The summed E-state index contributed by atoms with van der Waals surface area (Å²) < 4.78 is 1.90. The third-order valence-corrected chi connectivity index (χ3v) is 11.3. The van der Waals surface area contributed by atoms with Crippen LogP contribution in [-0.2, 0) is 19.2 Å². The maximum Gasteiger partial charge on any atom is 0.261 e. The van der Waals surface area contributed by atoms with Crippen molar-refractivity contribution in [2.24, 2.45) is 5.92 Å². The minimum atomic E-state index is -1.08. The normalized spacial score (nSPS) is 17.8. The lowest BCUT2D eigenvalue weighted by atomic mass is 10.0. The number of aldehydes is 1. The van der Waals surface area contributed by atoms with Gasteiger partial charge in [0.2, 0.25) is 24.2 Å². The second-order valence-corrected chi connectivity index (χ2v) is 15.0. The van der Waals surface area contributed by atoms with Crippen molar-refractivity contribution >= 4 is 53.1 Å². The number of pyridine rings is 1. The Bertz CT molecular complexity index is 1910. The van der Waals surface area contributed by atoms with Gasteiger partial charge < -0.3 is 25.6 Å². The maximum atomic E-state index is 13.3. The van der Waals surface area contributed by atoms with E-state index < -0.39 is 17.9 Å². The number of carbonyl (C=O) groups excluding carboxylic acids is 5. The Morgan fingerprint density at radius 3 is 2.49 bits per heavy atom. The van der Waals surface area contributed by atoms with Crippen LogP contribution in [0.25, 0.3) is 11.0 Å². The average Bonchev–Trinajstić information content (AvgIpc) is 3.61. The summed E-state index contributed by atoms with van der Waals surface area (Å²) in [5, 5.41) is 10.2. The lowest BCUT2D eigenvalue weighted by Crippen LogP contribution is -2.48. The fourth-order valence-electron chi connectivity index (χ4n) is 7.99. The Hall–Kier alpha value is -5.14. The number of benzene rings is 1. The molecule has 1 aliphatic heterocycles. The highest BCUT2D eigenvalue weighted by Crippen LogP contribution is 2.36. The van der Waals surface area contributed by atoms with E-state index in [1.807, 2.05) is 28.5 Å². The summed E-state index contributed by atoms with van der Waals surface area (Å²) in [6.07, 6.45) is 11.7. The van der Waals surface area contributed by atoms with E-state index in [0.717, 1.165) is 73.8 Å². The van der Waals surface area contributed by atoms with E-state index in [0.29, 0.717) is 73.0 Å². The quantitative estimate of drug-likeness (QED) is 0.119. The summed E-state index contributed by atoms with van der Waals surface area (Å²) in [5.74, 6) is 0.00861. The average molecular weight is 757 g/mol. The van der Waals surface area contributed by atoms with Gasteiger partial charge in [0.1, 0.15) is 18.0 Å². The van der Waals surface area contributed by atoms with Crippen molar-refractivity contribution in [1.29, 1.82) is 0 Å². The largest absolute Gasteiger partial charge is 0.385 e. The van der Waals surface area contributed by atoms with Crippen LogP contribution in [0.2, 0.25) is 0 Å². The molecule has 296 valence electrons. The van der Waals surface area contributed by atoms with Crippen LogP contribution in [0.3, 0.4) is 0 Å². The van der Waals surface area contributed by atoms with Gasteiger partial charge in [-0.2, -0.15) is 4.98 Å². The molecular formula is C41H56N8O6. The zero-order chi connectivity index (χ0) is 39.5. The smallest absolute Gasteiger partial charge is 0.261 e. The van der Waals surface area contributed by atoms with E-state index >= 15 is 0 Å². The topological polar surface area (TPSA) is 176 Å². The highest BCUT2D eigenvalue weighted by atomic mass is 16.2. The molecule has 5 rings (SSSR count). The Morgan fingerprint density at radius 2 is 1.80 bits per heavy atom. The van der Waals surface area contributed by atoms with Crippen LogP contribution in [0.15, 0.2) is 35.3 Å². The first-order valence-electron chi connectivity index (χ1n) is 19.8. The summed E-state index contributed by atoms with van der Waals surface area (Å²) in [4.78, 5) is 87.1. The van der Waals surface area contributed by atoms with Crippen LogP contribution in [-0.4, -0.2) is 93.5 Å². The van der Waals surface area contributed by atoms with Crippen molar-refractivity contribution in [3.63, 3.8) is 0 Å². The molecule has 1 aromatic carbocycles. The summed E-state index contributed by atoms with van der Waals surface area (Å²) in [5.41, 5.74) is 3.15. The number of unbranched alkanes of at least 4 members (excludes halogenated alkanes) is 3. The molecule has 0 bridgehead atoms. The van der Waals surface area contributed by atoms with Gasteiger partial charge >= 0.3 is 0 Å². The van der Waals surface area contributed by atoms with Crippen molar-refractivity contribution in [3.8, 4) is 0 Å². The minimum Gasteiger partial charge on any atom is -0.385 e. The lowest BCUT2D eigenvalue weighted by molar-refractivity contribution is -0.132. The third-order valence-electron chi connectivity index (χ3n) is 11.3. The highest BCUT2D eigenvalue weighted by molar-refractivity contribution is 6.05. The van der Waals surface area contributed by atoms with Gasteiger partial charge in [-0.3, -0.25) is 33.4 Å². The Kier molecular flexibility index (Phi) is 14.5. The number of hydrogen-bond donors (Lipinski definition) is 3. The molecule has 1 aliphatic carbocycles. The SMILES string of the molecule is CNC(=O)C(CCC=O)N(C=O)C(=O)c1cccc(NCCCCCCC(=O)N2CCC(Nc3ncc4cc(C)c(=O)n(C5CCCC5C)c4n3)CC2)c1C. The summed E-state index contributed by atoms with van der Waals surface area (Å²) in [6.45, 7) is 7.88. The monoisotopic (exact) mass is 756 g/mol. The van der Waals surface area contributed by atoms with Crippen molar-refractivity contribution in [1.82, 2.24) is 29.7 Å². The second kappa shape index (κ2) is 19.4. The molecule has 1 saturated heterocycles. The van der Waals surface area contributed by atoms with Gasteiger partial charge in [-0.15, -0.1) is 0 Å². The number of carbonyl (C=O) groups is 5. The first kappa shape index (κ1) is 41.0. The number of aryl methyl sites for hydroxylation is 1. The molecule has 3 heterocycles. The van der Waals surface area contributed by atoms with Crippen LogP contribution >= 0.6 is 0 Å². The van der Waals surface area contributed by atoms with Gasteiger partial charge in [0.25, 0.3) is 11.5 Å². The van der Waals surface area contributed by atoms with E-state index in [2.05, 4.69) is 27.9 Å². The van der Waals surface area contributed by atoms with E-state index in [1.165, 1.54) is 7.05 Å². The number of rotatable bonds is 18. The second-order valence-electron chi connectivity index (χ2n) is 15.0. The lowest BCUT2D eigenvalue weighted by Gasteiger charge is -2.32. The van der Waals surface area contributed by atoms with Crippen molar-refractivity contribution in [3.05, 3.63) is 57.5 Å². The van der Waals surface area contributed by atoms with Gasteiger partial charge in [-0.05, 0) is 88.5 Å². The molecule has 3 N–H and O–H groups in total. The van der Waals surface area contributed by atoms with E-state index in [4.69, 9.17) is 4.98 Å². The number of likely N-dealkylation sites (N-methyl/N-ethyl adjacent to an activating group) is 1.